The van der Waals surface area contributed by atoms with Crippen molar-refractivity contribution >= 4 is 11.1 Å². The highest BCUT2D eigenvalue weighted by Gasteiger charge is 2.16. The molecule has 0 unspecified atom stereocenters. The maximum absolute atomic E-state index is 5.97. The first-order chi connectivity index (χ1) is 18.5. The van der Waals surface area contributed by atoms with Crippen LogP contribution in [0.2, 0.25) is 0 Å². The molecule has 0 saturated carbocycles. The van der Waals surface area contributed by atoms with E-state index < -0.39 is 0 Å². The molecule has 0 bridgehead atoms. The molecule has 0 aromatic heterocycles. The maximum Gasteiger partial charge on any atom is 0.119 e. The Bertz CT molecular complexity index is 1180. The van der Waals surface area contributed by atoms with Crippen molar-refractivity contribution in [2.24, 2.45) is 0 Å². The molecule has 38 heavy (non-hydrogen) atoms. The average Bonchev–Trinajstić information content (AvgIpc) is 2.93. The summed E-state index contributed by atoms with van der Waals surface area (Å²) in [6.45, 7) is 3.08. The van der Waals surface area contributed by atoms with Crippen molar-refractivity contribution in [3.05, 3.63) is 131 Å². The van der Waals surface area contributed by atoms with Crippen LogP contribution in [0, 0.1) is 0 Å². The van der Waals surface area contributed by atoms with Crippen LogP contribution in [0.5, 0.6) is 11.5 Å². The van der Waals surface area contributed by atoms with Gasteiger partial charge in [0, 0.05) is 13.1 Å². The molecule has 0 heterocycles. The zero-order valence-electron chi connectivity index (χ0n) is 22.9. The molecule has 0 spiro atoms. The predicted molar refractivity (Wildman–Crippen MR) is 159 cm³/mol. The molecule has 0 aliphatic carbocycles. The van der Waals surface area contributed by atoms with Crippen molar-refractivity contribution in [1.29, 1.82) is 0 Å². The summed E-state index contributed by atoms with van der Waals surface area (Å²) in [4.78, 5) is 4.24. The highest BCUT2D eigenvalue weighted by atomic mass is 16.5. The van der Waals surface area contributed by atoms with Gasteiger partial charge in [-0.05, 0) is 85.9 Å². The van der Waals surface area contributed by atoms with Gasteiger partial charge in [0.15, 0.2) is 0 Å². The summed E-state index contributed by atoms with van der Waals surface area (Å²) in [6.07, 6.45) is 0. The van der Waals surface area contributed by atoms with Crippen molar-refractivity contribution in [1.82, 2.24) is 9.80 Å². The average molecular weight is 507 g/mol. The molecule has 4 aromatic carbocycles. The summed E-state index contributed by atoms with van der Waals surface area (Å²) in [7, 11) is 8.21. The van der Waals surface area contributed by atoms with Crippen LogP contribution < -0.4 is 9.47 Å². The van der Waals surface area contributed by atoms with E-state index >= 15 is 0 Å². The third kappa shape index (κ3) is 7.58. The fourth-order valence-electron chi connectivity index (χ4n) is 4.25. The lowest BCUT2D eigenvalue weighted by atomic mass is 9.86. The third-order valence-corrected chi connectivity index (χ3v) is 6.28. The highest BCUT2D eigenvalue weighted by molar-refractivity contribution is 6.04. The normalized spacial score (nSPS) is 11.9. The number of likely N-dealkylation sites (N-methyl/N-ethyl adjacent to an activating group) is 2. The van der Waals surface area contributed by atoms with Crippen LogP contribution >= 0.6 is 0 Å². The van der Waals surface area contributed by atoms with Crippen molar-refractivity contribution < 1.29 is 9.47 Å². The molecule has 0 atom stereocenters. The molecule has 196 valence electrons. The Kier molecular flexibility index (Phi) is 9.74. The minimum Gasteiger partial charge on any atom is -0.492 e. The minimum atomic E-state index is 0.659. The van der Waals surface area contributed by atoms with Crippen molar-refractivity contribution in [3.8, 4) is 11.5 Å². The molecular formula is C34H38N2O2. The Balaban J connectivity index is 1.78. The Morgan fingerprint density at radius 2 is 0.763 bits per heavy atom. The summed E-state index contributed by atoms with van der Waals surface area (Å²) < 4.78 is 11.9. The van der Waals surface area contributed by atoms with E-state index in [9.17, 15) is 0 Å². The van der Waals surface area contributed by atoms with E-state index in [-0.39, 0.29) is 0 Å². The van der Waals surface area contributed by atoms with Gasteiger partial charge in [0.05, 0.1) is 0 Å². The lowest BCUT2D eigenvalue weighted by Gasteiger charge is -2.19. The molecular weight excluding hydrogens is 468 g/mol. The monoisotopic (exact) mass is 506 g/mol. The summed E-state index contributed by atoms with van der Waals surface area (Å²) >= 11 is 0. The number of ether oxygens (including phenoxy) is 2. The molecule has 4 rings (SSSR count). The molecule has 0 fully saturated rings. The molecule has 0 amide bonds. The summed E-state index contributed by atoms with van der Waals surface area (Å²) in [5.74, 6) is 1.76. The molecule has 0 aliphatic heterocycles. The lowest BCUT2D eigenvalue weighted by Crippen LogP contribution is -2.19. The van der Waals surface area contributed by atoms with E-state index in [0.29, 0.717) is 13.2 Å². The molecule has 0 saturated heterocycles. The zero-order chi connectivity index (χ0) is 26.7. The van der Waals surface area contributed by atoms with Crippen molar-refractivity contribution in [2.45, 2.75) is 0 Å². The number of nitrogens with zero attached hydrogens (tertiary/aromatic N) is 2. The summed E-state index contributed by atoms with van der Waals surface area (Å²) in [5, 5.41) is 0. The van der Waals surface area contributed by atoms with Gasteiger partial charge in [0.1, 0.15) is 24.7 Å². The second kappa shape index (κ2) is 13.6. The SMILES string of the molecule is CN(C)CCOc1ccc(/C(=C(/c2ccccc2)c2ccc(OCCN(C)C)cc2)c2ccccc2)cc1. The van der Waals surface area contributed by atoms with Gasteiger partial charge in [0.2, 0.25) is 0 Å². The van der Waals surface area contributed by atoms with Crippen LogP contribution in [0.15, 0.2) is 109 Å². The molecule has 4 nitrogen and oxygen atoms in total. The van der Waals surface area contributed by atoms with E-state index in [2.05, 4.69) is 147 Å². The Labute approximate surface area is 227 Å². The minimum absolute atomic E-state index is 0.659. The Morgan fingerprint density at radius 3 is 1.08 bits per heavy atom. The smallest absolute Gasteiger partial charge is 0.119 e. The van der Waals surface area contributed by atoms with E-state index in [4.69, 9.17) is 9.47 Å². The maximum atomic E-state index is 5.97. The summed E-state index contributed by atoms with van der Waals surface area (Å²) in [6, 6.07) is 38.1. The highest BCUT2D eigenvalue weighted by Crippen LogP contribution is 2.37. The number of hydrogen-bond acceptors (Lipinski definition) is 4. The fraction of sp³-hybridized carbons (Fsp3) is 0.235. The molecule has 0 radical (unpaired) electrons. The zero-order valence-corrected chi connectivity index (χ0v) is 22.9. The second-order valence-electron chi connectivity index (χ2n) is 9.83. The summed E-state index contributed by atoms with van der Waals surface area (Å²) in [5.41, 5.74) is 6.97. The molecule has 4 aromatic rings. The van der Waals surface area contributed by atoms with Crippen molar-refractivity contribution in [2.75, 3.05) is 54.5 Å². The van der Waals surface area contributed by atoms with Gasteiger partial charge in [-0.1, -0.05) is 84.9 Å². The van der Waals surface area contributed by atoms with E-state index in [1.807, 2.05) is 0 Å². The van der Waals surface area contributed by atoms with Gasteiger partial charge >= 0.3 is 0 Å². The Hall–Kier alpha value is -3.86. The fourth-order valence-corrected chi connectivity index (χ4v) is 4.25. The number of benzene rings is 4. The van der Waals surface area contributed by atoms with E-state index in [0.717, 1.165) is 35.7 Å². The van der Waals surface area contributed by atoms with Crippen LogP contribution in [0.1, 0.15) is 22.3 Å². The topological polar surface area (TPSA) is 24.9 Å². The number of rotatable bonds is 12. The largest absolute Gasteiger partial charge is 0.492 e. The van der Waals surface area contributed by atoms with Crippen LogP contribution in [0.25, 0.3) is 11.1 Å². The van der Waals surface area contributed by atoms with E-state index in [1.165, 1.54) is 22.3 Å². The third-order valence-electron chi connectivity index (χ3n) is 6.28. The first-order valence-electron chi connectivity index (χ1n) is 13.1. The van der Waals surface area contributed by atoms with Crippen LogP contribution in [0.3, 0.4) is 0 Å². The van der Waals surface area contributed by atoms with Gasteiger partial charge in [-0.25, -0.2) is 0 Å². The Morgan fingerprint density at radius 1 is 0.447 bits per heavy atom. The quantitative estimate of drug-likeness (QED) is 0.203. The van der Waals surface area contributed by atoms with Gasteiger partial charge in [-0.3, -0.25) is 0 Å². The standard InChI is InChI=1S/C34H38N2O2/c1-35(2)23-25-37-31-19-15-29(16-20-31)33(27-11-7-5-8-12-27)34(28-13-9-6-10-14-28)30-17-21-32(22-18-30)38-26-24-36(3)4/h5-22H,23-26H2,1-4H3/b34-33-. The first-order valence-corrected chi connectivity index (χ1v) is 13.1. The molecule has 0 N–H and O–H groups in total. The van der Waals surface area contributed by atoms with Crippen molar-refractivity contribution in [3.63, 3.8) is 0 Å². The van der Waals surface area contributed by atoms with Crippen LogP contribution in [0.4, 0.5) is 0 Å². The predicted octanol–water partition coefficient (Wildman–Crippen LogP) is 6.57. The molecule has 0 aliphatic rings. The molecule has 4 heteroatoms. The van der Waals surface area contributed by atoms with Crippen LogP contribution in [-0.4, -0.2) is 64.3 Å². The van der Waals surface area contributed by atoms with E-state index in [1.54, 1.807) is 0 Å². The van der Waals surface area contributed by atoms with Gasteiger partial charge < -0.3 is 19.3 Å². The first kappa shape index (κ1) is 27.2. The van der Waals surface area contributed by atoms with Crippen LogP contribution in [-0.2, 0) is 0 Å². The number of hydrogen-bond donors (Lipinski definition) is 0. The lowest BCUT2D eigenvalue weighted by molar-refractivity contribution is 0.261. The second-order valence-corrected chi connectivity index (χ2v) is 9.83. The van der Waals surface area contributed by atoms with Gasteiger partial charge in [-0.15, -0.1) is 0 Å². The van der Waals surface area contributed by atoms with Gasteiger partial charge in [-0.2, -0.15) is 0 Å². The van der Waals surface area contributed by atoms with Gasteiger partial charge in [0.25, 0.3) is 0 Å².